The van der Waals surface area contributed by atoms with E-state index < -0.39 is 0 Å². The van der Waals surface area contributed by atoms with Crippen molar-refractivity contribution in [3.63, 3.8) is 0 Å². The summed E-state index contributed by atoms with van der Waals surface area (Å²) in [6, 6.07) is 0.622. The lowest BCUT2D eigenvalue weighted by molar-refractivity contribution is 0.101. The fourth-order valence-corrected chi connectivity index (χ4v) is 2.68. The van der Waals surface area contributed by atoms with E-state index in [1.165, 1.54) is 32.1 Å². The minimum Gasteiger partial charge on any atom is -0.393 e. The first-order chi connectivity index (χ1) is 5.88. The average molecular weight is 169 g/mol. The zero-order chi connectivity index (χ0) is 8.39. The second kappa shape index (κ2) is 3.75. The van der Waals surface area contributed by atoms with E-state index >= 15 is 0 Å². The van der Waals surface area contributed by atoms with Gasteiger partial charge in [0.25, 0.3) is 0 Å². The van der Waals surface area contributed by atoms with E-state index in [-0.39, 0.29) is 6.10 Å². The van der Waals surface area contributed by atoms with E-state index in [0.29, 0.717) is 12.0 Å². The molecule has 12 heavy (non-hydrogen) atoms. The van der Waals surface area contributed by atoms with Crippen LogP contribution in [0.1, 0.15) is 38.5 Å². The minimum atomic E-state index is -0.0133. The second-order valence-corrected chi connectivity index (χ2v) is 4.22. The van der Waals surface area contributed by atoms with Gasteiger partial charge in [0, 0.05) is 12.0 Å². The number of hydrogen-bond donors (Lipinski definition) is 2. The van der Waals surface area contributed by atoms with E-state index in [2.05, 4.69) is 5.32 Å². The quantitative estimate of drug-likeness (QED) is 0.620. The molecule has 2 fully saturated rings. The van der Waals surface area contributed by atoms with Crippen LogP contribution in [0.3, 0.4) is 0 Å². The van der Waals surface area contributed by atoms with Gasteiger partial charge in [0.15, 0.2) is 0 Å². The monoisotopic (exact) mass is 169 g/mol. The van der Waals surface area contributed by atoms with Crippen molar-refractivity contribution in [2.45, 2.75) is 50.7 Å². The molecule has 0 aromatic carbocycles. The van der Waals surface area contributed by atoms with E-state index in [1.54, 1.807) is 0 Å². The highest BCUT2D eigenvalue weighted by atomic mass is 16.3. The number of nitrogens with one attached hydrogen (secondary N) is 1. The van der Waals surface area contributed by atoms with Crippen LogP contribution in [0.15, 0.2) is 0 Å². The van der Waals surface area contributed by atoms with Crippen LogP contribution >= 0.6 is 0 Å². The molecule has 1 aliphatic heterocycles. The fraction of sp³-hybridized carbons (Fsp3) is 1.00. The summed E-state index contributed by atoms with van der Waals surface area (Å²) in [5.41, 5.74) is 0. The smallest absolute Gasteiger partial charge is 0.0583 e. The van der Waals surface area contributed by atoms with E-state index in [1.807, 2.05) is 0 Å². The molecular weight excluding hydrogens is 150 g/mol. The highest BCUT2D eigenvalue weighted by Crippen LogP contribution is 2.31. The van der Waals surface area contributed by atoms with Crippen molar-refractivity contribution in [2.24, 2.45) is 5.92 Å². The van der Waals surface area contributed by atoms with Gasteiger partial charge in [-0.2, -0.15) is 0 Å². The van der Waals surface area contributed by atoms with Gasteiger partial charge in [-0.1, -0.05) is 12.8 Å². The van der Waals surface area contributed by atoms with Gasteiger partial charge in [0.2, 0.25) is 0 Å². The Morgan fingerprint density at radius 1 is 1.00 bits per heavy atom. The molecule has 0 aromatic heterocycles. The number of hydrogen-bond acceptors (Lipinski definition) is 2. The van der Waals surface area contributed by atoms with Gasteiger partial charge in [0.1, 0.15) is 0 Å². The maximum Gasteiger partial charge on any atom is 0.0583 e. The van der Waals surface area contributed by atoms with Crippen molar-refractivity contribution in [1.82, 2.24) is 5.32 Å². The average Bonchev–Trinajstić information content (AvgIpc) is 2.53. The van der Waals surface area contributed by atoms with Crippen LogP contribution in [0.25, 0.3) is 0 Å². The Hall–Kier alpha value is -0.0800. The molecule has 1 saturated heterocycles. The zero-order valence-electron chi connectivity index (χ0n) is 7.63. The molecule has 1 aliphatic carbocycles. The number of aliphatic hydroxyl groups is 1. The zero-order valence-corrected chi connectivity index (χ0v) is 7.63. The third-order valence-electron chi connectivity index (χ3n) is 3.40. The molecule has 2 N–H and O–H groups in total. The van der Waals surface area contributed by atoms with Crippen LogP contribution in [0, 0.1) is 5.92 Å². The molecule has 0 spiro atoms. The van der Waals surface area contributed by atoms with Gasteiger partial charge in [-0.3, -0.25) is 0 Å². The fourth-order valence-electron chi connectivity index (χ4n) is 2.68. The molecule has 1 saturated carbocycles. The minimum absolute atomic E-state index is 0.0133. The molecule has 0 aromatic rings. The lowest BCUT2D eigenvalue weighted by atomic mass is 9.90. The molecule has 2 heteroatoms. The van der Waals surface area contributed by atoms with Crippen molar-refractivity contribution < 1.29 is 5.11 Å². The molecule has 3 atom stereocenters. The van der Waals surface area contributed by atoms with Crippen LogP contribution in [0.2, 0.25) is 0 Å². The van der Waals surface area contributed by atoms with E-state index in [9.17, 15) is 5.11 Å². The van der Waals surface area contributed by atoms with Crippen molar-refractivity contribution in [3.8, 4) is 0 Å². The molecular formula is C10H19NO. The van der Waals surface area contributed by atoms with Crippen LogP contribution in [-0.4, -0.2) is 23.8 Å². The third-order valence-corrected chi connectivity index (χ3v) is 3.40. The number of rotatable bonds is 1. The van der Waals surface area contributed by atoms with Gasteiger partial charge in [-0.15, -0.1) is 0 Å². The summed E-state index contributed by atoms with van der Waals surface area (Å²) < 4.78 is 0. The number of aliphatic hydroxyl groups excluding tert-OH is 1. The first-order valence-corrected chi connectivity index (χ1v) is 5.29. The van der Waals surface area contributed by atoms with Crippen molar-refractivity contribution in [3.05, 3.63) is 0 Å². The summed E-state index contributed by atoms with van der Waals surface area (Å²) in [6.07, 6.45) is 7.42. The summed E-state index contributed by atoms with van der Waals surface area (Å²) in [6.45, 7) is 1.16. The Kier molecular flexibility index (Phi) is 2.66. The summed E-state index contributed by atoms with van der Waals surface area (Å²) in [5.74, 6) is 0.560. The molecule has 1 heterocycles. The lowest BCUT2D eigenvalue weighted by Crippen LogP contribution is -2.42. The molecule has 1 unspecified atom stereocenters. The Bertz CT molecular complexity index is 143. The van der Waals surface area contributed by atoms with Gasteiger partial charge in [-0.25, -0.2) is 0 Å². The lowest BCUT2D eigenvalue weighted by Gasteiger charge is -2.30. The maximum atomic E-state index is 9.70. The van der Waals surface area contributed by atoms with Gasteiger partial charge < -0.3 is 10.4 Å². The standard InChI is InChI=1S/C10H19NO/c12-10-6-3-4-8(10)9-5-1-2-7-11-9/h8-12H,1-7H2/t8-,9?,10+/m0/s1. The predicted molar refractivity (Wildman–Crippen MR) is 49.0 cm³/mol. The molecule has 2 nitrogen and oxygen atoms in total. The van der Waals surface area contributed by atoms with Crippen LogP contribution in [-0.2, 0) is 0 Å². The van der Waals surface area contributed by atoms with E-state index in [0.717, 1.165) is 13.0 Å². The highest BCUT2D eigenvalue weighted by Gasteiger charge is 2.32. The van der Waals surface area contributed by atoms with Crippen molar-refractivity contribution in [2.75, 3.05) is 6.54 Å². The first kappa shape index (κ1) is 8.52. The number of piperidine rings is 1. The summed E-state index contributed by atoms with van der Waals surface area (Å²) in [4.78, 5) is 0. The predicted octanol–water partition coefficient (Wildman–Crippen LogP) is 1.29. The Balaban J connectivity index is 1.89. The largest absolute Gasteiger partial charge is 0.393 e. The van der Waals surface area contributed by atoms with Gasteiger partial charge >= 0.3 is 0 Å². The van der Waals surface area contributed by atoms with Crippen LogP contribution in [0.4, 0.5) is 0 Å². The van der Waals surface area contributed by atoms with Crippen LogP contribution in [0.5, 0.6) is 0 Å². The first-order valence-electron chi connectivity index (χ1n) is 5.29. The Labute approximate surface area is 74.4 Å². The molecule has 2 rings (SSSR count). The van der Waals surface area contributed by atoms with Crippen molar-refractivity contribution in [1.29, 1.82) is 0 Å². The third kappa shape index (κ3) is 1.64. The molecule has 70 valence electrons. The molecule has 0 amide bonds. The maximum absolute atomic E-state index is 9.70. The van der Waals surface area contributed by atoms with Gasteiger partial charge in [0.05, 0.1) is 6.10 Å². The SMILES string of the molecule is O[C@@H]1CCC[C@H]1C1CCCCN1. The normalized spacial score (nSPS) is 43.2. The summed E-state index contributed by atoms with van der Waals surface area (Å²) in [7, 11) is 0. The summed E-state index contributed by atoms with van der Waals surface area (Å²) >= 11 is 0. The Morgan fingerprint density at radius 2 is 1.92 bits per heavy atom. The van der Waals surface area contributed by atoms with E-state index in [4.69, 9.17) is 0 Å². The van der Waals surface area contributed by atoms with Crippen LogP contribution < -0.4 is 5.32 Å². The second-order valence-electron chi connectivity index (χ2n) is 4.22. The Morgan fingerprint density at radius 3 is 2.50 bits per heavy atom. The highest BCUT2D eigenvalue weighted by molar-refractivity contribution is 4.88. The van der Waals surface area contributed by atoms with Gasteiger partial charge in [-0.05, 0) is 32.2 Å². The molecule has 0 radical (unpaired) electrons. The topological polar surface area (TPSA) is 32.3 Å². The molecule has 2 aliphatic rings. The summed E-state index contributed by atoms with van der Waals surface area (Å²) in [5, 5.41) is 13.2. The molecule has 0 bridgehead atoms. The van der Waals surface area contributed by atoms with Crippen molar-refractivity contribution >= 4 is 0 Å².